The number of pyridine rings is 1. The molecule has 0 spiro atoms. The molecule has 2 aromatic heterocycles. The molecule has 0 unspecified atom stereocenters. The zero-order valence-electron chi connectivity index (χ0n) is 14.6. The highest BCUT2D eigenvalue weighted by Gasteiger charge is 2.10. The lowest BCUT2D eigenvalue weighted by Gasteiger charge is -2.09. The van der Waals surface area contributed by atoms with Crippen LogP contribution in [-0.4, -0.2) is 15.9 Å². The Balaban J connectivity index is 1.48. The van der Waals surface area contributed by atoms with E-state index in [0.29, 0.717) is 16.3 Å². The van der Waals surface area contributed by atoms with E-state index in [9.17, 15) is 4.79 Å². The number of anilines is 3. The monoisotopic (exact) mass is 406 g/mol. The van der Waals surface area contributed by atoms with Crippen molar-refractivity contribution in [2.24, 2.45) is 0 Å². The minimum absolute atomic E-state index is 0.253. The summed E-state index contributed by atoms with van der Waals surface area (Å²) in [5.74, 6) is -0.253. The number of benzene rings is 2. The molecule has 0 bridgehead atoms. The van der Waals surface area contributed by atoms with Crippen LogP contribution in [0.3, 0.4) is 0 Å². The van der Waals surface area contributed by atoms with Gasteiger partial charge in [-0.3, -0.25) is 9.78 Å². The first kappa shape index (κ1) is 18.2. The van der Waals surface area contributed by atoms with Gasteiger partial charge in [-0.25, -0.2) is 4.98 Å². The normalized spacial score (nSPS) is 10.5. The maximum absolute atomic E-state index is 12.4. The van der Waals surface area contributed by atoms with E-state index in [1.54, 1.807) is 36.7 Å². The van der Waals surface area contributed by atoms with Gasteiger partial charge in [0.2, 0.25) is 0 Å². The van der Waals surface area contributed by atoms with Crippen LogP contribution in [0, 0.1) is 0 Å². The van der Waals surface area contributed by atoms with Crippen LogP contribution in [0.5, 0.6) is 0 Å². The maximum Gasteiger partial charge on any atom is 0.257 e. The summed E-state index contributed by atoms with van der Waals surface area (Å²) in [6.45, 7) is 0. The summed E-state index contributed by atoms with van der Waals surface area (Å²) in [4.78, 5) is 21.1. The molecule has 2 aromatic carbocycles. The fourth-order valence-electron chi connectivity index (χ4n) is 2.63. The van der Waals surface area contributed by atoms with Crippen LogP contribution >= 0.6 is 22.9 Å². The summed E-state index contributed by atoms with van der Waals surface area (Å²) in [5.41, 5.74) is 3.83. The number of aromatic nitrogens is 2. The lowest BCUT2D eigenvalue weighted by atomic mass is 10.2. The van der Waals surface area contributed by atoms with E-state index in [2.05, 4.69) is 20.6 Å². The SMILES string of the molecule is O=C(Nc1cccc(Nc2nc(-c3ccncc3)cs2)c1)c1ccccc1Cl. The minimum atomic E-state index is -0.253. The first-order chi connectivity index (χ1) is 13.7. The van der Waals surface area contributed by atoms with Gasteiger partial charge in [-0.2, -0.15) is 0 Å². The summed E-state index contributed by atoms with van der Waals surface area (Å²) in [7, 11) is 0. The third kappa shape index (κ3) is 4.19. The number of carbonyl (C=O) groups excluding carboxylic acids is 1. The second-order valence-corrected chi connectivity index (χ2v) is 7.18. The highest BCUT2D eigenvalue weighted by atomic mass is 35.5. The maximum atomic E-state index is 12.4. The Morgan fingerprint density at radius 3 is 2.57 bits per heavy atom. The van der Waals surface area contributed by atoms with Crippen LogP contribution in [0.15, 0.2) is 78.4 Å². The average molecular weight is 407 g/mol. The van der Waals surface area contributed by atoms with Gasteiger partial charge in [0.25, 0.3) is 5.91 Å². The standard InChI is InChI=1S/C21H15ClN4OS/c22-18-7-2-1-6-17(18)20(27)24-15-4-3-5-16(12-15)25-21-26-19(13-28-21)14-8-10-23-11-9-14/h1-13H,(H,24,27)(H,25,26). The van der Waals surface area contributed by atoms with Crippen LogP contribution in [0.4, 0.5) is 16.5 Å². The highest BCUT2D eigenvalue weighted by molar-refractivity contribution is 7.14. The molecule has 0 aliphatic heterocycles. The molecule has 0 atom stereocenters. The summed E-state index contributed by atoms with van der Waals surface area (Å²) < 4.78 is 0. The van der Waals surface area contributed by atoms with E-state index in [1.807, 2.05) is 41.8 Å². The fourth-order valence-corrected chi connectivity index (χ4v) is 3.59. The van der Waals surface area contributed by atoms with Crippen molar-refractivity contribution in [3.8, 4) is 11.3 Å². The van der Waals surface area contributed by atoms with Crippen molar-refractivity contribution in [2.45, 2.75) is 0 Å². The van der Waals surface area contributed by atoms with Gasteiger partial charge in [0.15, 0.2) is 5.13 Å². The molecule has 0 radical (unpaired) electrons. The van der Waals surface area contributed by atoms with E-state index < -0.39 is 0 Å². The van der Waals surface area contributed by atoms with E-state index in [4.69, 9.17) is 11.6 Å². The number of rotatable bonds is 5. The van der Waals surface area contributed by atoms with Crippen molar-refractivity contribution in [2.75, 3.05) is 10.6 Å². The molecule has 138 valence electrons. The Kier molecular flexibility index (Phi) is 5.32. The number of carbonyl (C=O) groups is 1. The molecule has 0 fully saturated rings. The highest BCUT2D eigenvalue weighted by Crippen LogP contribution is 2.28. The Morgan fingerprint density at radius 2 is 1.75 bits per heavy atom. The minimum Gasteiger partial charge on any atom is -0.331 e. The zero-order chi connectivity index (χ0) is 19.3. The van der Waals surface area contributed by atoms with Gasteiger partial charge in [-0.15, -0.1) is 11.3 Å². The van der Waals surface area contributed by atoms with Gasteiger partial charge in [0.1, 0.15) is 0 Å². The largest absolute Gasteiger partial charge is 0.331 e. The summed E-state index contributed by atoms with van der Waals surface area (Å²) >= 11 is 7.60. The number of nitrogens with one attached hydrogen (secondary N) is 2. The fraction of sp³-hybridized carbons (Fsp3) is 0. The van der Waals surface area contributed by atoms with Crippen LogP contribution in [0.2, 0.25) is 5.02 Å². The molecular weight excluding hydrogens is 392 g/mol. The average Bonchev–Trinajstić information content (AvgIpc) is 3.18. The third-order valence-corrected chi connectivity index (χ3v) is 5.06. The molecule has 4 rings (SSSR count). The summed E-state index contributed by atoms with van der Waals surface area (Å²) in [6, 6.07) is 18.2. The number of thiazole rings is 1. The molecule has 2 heterocycles. The van der Waals surface area contributed by atoms with E-state index in [-0.39, 0.29) is 5.91 Å². The van der Waals surface area contributed by atoms with Crippen LogP contribution < -0.4 is 10.6 Å². The molecule has 2 N–H and O–H groups in total. The number of halogens is 1. The number of hydrogen-bond acceptors (Lipinski definition) is 5. The first-order valence-corrected chi connectivity index (χ1v) is 9.74. The van der Waals surface area contributed by atoms with Gasteiger partial charge >= 0.3 is 0 Å². The summed E-state index contributed by atoms with van der Waals surface area (Å²) in [5, 5.41) is 9.31. The van der Waals surface area contributed by atoms with Crippen molar-refractivity contribution < 1.29 is 4.79 Å². The van der Waals surface area contributed by atoms with Gasteiger partial charge in [0.05, 0.1) is 16.3 Å². The lowest BCUT2D eigenvalue weighted by Crippen LogP contribution is -2.12. The van der Waals surface area contributed by atoms with Crippen molar-refractivity contribution in [1.82, 2.24) is 9.97 Å². The van der Waals surface area contributed by atoms with E-state index in [1.165, 1.54) is 11.3 Å². The number of amides is 1. The molecule has 0 saturated heterocycles. The Hall–Kier alpha value is -3.22. The Bertz CT molecular complexity index is 1110. The smallest absolute Gasteiger partial charge is 0.257 e. The molecule has 5 nitrogen and oxygen atoms in total. The van der Waals surface area contributed by atoms with Gasteiger partial charge in [-0.05, 0) is 42.5 Å². The molecule has 4 aromatic rings. The van der Waals surface area contributed by atoms with Crippen LogP contribution in [0.25, 0.3) is 11.3 Å². The lowest BCUT2D eigenvalue weighted by molar-refractivity contribution is 0.102. The Morgan fingerprint density at radius 1 is 0.964 bits per heavy atom. The molecule has 0 aliphatic carbocycles. The topological polar surface area (TPSA) is 66.9 Å². The summed E-state index contributed by atoms with van der Waals surface area (Å²) in [6.07, 6.45) is 3.49. The molecular formula is C21H15ClN4OS. The molecule has 28 heavy (non-hydrogen) atoms. The molecule has 0 saturated carbocycles. The second kappa shape index (κ2) is 8.21. The molecule has 1 amide bonds. The number of nitrogens with zero attached hydrogens (tertiary/aromatic N) is 2. The van der Waals surface area contributed by atoms with Gasteiger partial charge in [0, 0.05) is 34.7 Å². The van der Waals surface area contributed by atoms with Crippen molar-refractivity contribution in [1.29, 1.82) is 0 Å². The van der Waals surface area contributed by atoms with E-state index >= 15 is 0 Å². The predicted octanol–water partition coefficient (Wildman–Crippen LogP) is 5.85. The molecule has 0 aliphatic rings. The third-order valence-electron chi connectivity index (χ3n) is 3.97. The van der Waals surface area contributed by atoms with Gasteiger partial charge < -0.3 is 10.6 Å². The van der Waals surface area contributed by atoms with E-state index in [0.717, 1.165) is 22.1 Å². The van der Waals surface area contributed by atoms with Crippen molar-refractivity contribution >= 4 is 45.4 Å². The van der Waals surface area contributed by atoms with Crippen molar-refractivity contribution in [3.05, 3.63) is 89.0 Å². The van der Waals surface area contributed by atoms with Crippen molar-refractivity contribution in [3.63, 3.8) is 0 Å². The second-order valence-electron chi connectivity index (χ2n) is 5.91. The quantitative estimate of drug-likeness (QED) is 0.436. The Labute approximate surface area is 171 Å². The van der Waals surface area contributed by atoms with Crippen LogP contribution in [0.1, 0.15) is 10.4 Å². The van der Waals surface area contributed by atoms with Gasteiger partial charge in [-0.1, -0.05) is 29.8 Å². The van der Waals surface area contributed by atoms with Crippen LogP contribution in [-0.2, 0) is 0 Å². The number of hydrogen-bond donors (Lipinski definition) is 2. The molecule has 7 heteroatoms. The zero-order valence-corrected chi connectivity index (χ0v) is 16.2. The predicted molar refractivity (Wildman–Crippen MR) is 114 cm³/mol. The first-order valence-electron chi connectivity index (χ1n) is 8.48.